The van der Waals surface area contributed by atoms with Crippen LogP contribution in [0.5, 0.6) is 11.5 Å². The quantitative estimate of drug-likeness (QED) is 0.850. The lowest BCUT2D eigenvalue weighted by atomic mass is 10.2. The zero-order chi connectivity index (χ0) is 12.1. The maximum Gasteiger partial charge on any atom is 0.239 e. The summed E-state index contributed by atoms with van der Waals surface area (Å²) in [5.74, 6) is 0.439. The second kappa shape index (κ2) is 5.82. The number of anilines is 1. The lowest BCUT2D eigenvalue weighted by Gasteiger charge is -2.12. The number of carbonyl (C=O) groups is 1. The van der Waals surface area contributed by atoms with E-state index >= 15 is 0 Å². The summed E-state index contributed by atoms with van der Waals surface area (Å²) in [6.07, 6.45) is 0. The van der Waals surface area contributed by atoms with Gasteiger partial charge in [0, 0.05) is 12.1 Å². The van der Waals surface area contributed by atoms with Gasteiger partial charge in [-0.3, -0.25) is 4.79 Å². The minimum absolute atomic E-state index is 0.131. The summed E-state index contributed by atoms with van der Waals surface area (Å²) in [5.41, 5.74) is 0.467. The summed E-state index contributed by atoms with van der Waals surface area (Å²) in [6.45, 7) is 0. The Hall–Kier alpha value is -1.13. The highest BCUT2D eigenvalue weighted by atomic mass is 35.5. The number of ether oxygens (including phenoxy) is 2. The summed E-state index contributed by atoms with van der Waals surface area (Å²) in [7, 11) is 2.97. The van der Waals surface area contributed by atoms with Crippen molar-refractivity contribution in [2.45, 2.75) is 0 Å². The average molecular weight is 264 g/mol. The Labute approximate surface area is 103 Å². The molecule has 0 aromatic heterocycles. The van der Waals surface area contributed by atoms with Crippen molar-refractivity contribution in [2.24, 2.45) is 0 Å². The molecule has 4 nitrogen and oxygen atoms in total. The van der Waals surface area contributed by atoms with Crippen LogP contribution in [0.3, 0.4) is 0 Å². The monoisotopic (exact) mass is 263 g/mol. The number of benzene rings is 1. The van der Waals surface area contributed by atoms with E-state index in [1.807, 2.05) is 0 Å². The number of amides is 1. The van der Waals surface area contributed by atoms with Crippen molar-refractivity contribution >= 4 is 34.8 Å². The molecule has 0 bridgehead atoms. The molecular weight excluding hydrogens is 253 g/mol. The molecule has 6 heteroatoms. The Morgan fingerprint density at radius 1 is 1.31 bits per heavy atom. The van der Waals surface area contributed by atoms with Crippen molar-refractivity contribution in [2.75, 3.05) is 25.4 Å². The third-order valence-corrected chi connectivity index (χ3v) is 2.41. The van der Waals surface area contributed by atoms with Gasteiger partial charge in [-0.1, -0.05) is 11.6 Å². The van der Waals surface area contributed by atoms with E-state index in [1.165, 1.54) is 14.2 Å². The molecular formula is C10H11Cl2NO3. The van der Waals surface area contributed by atoms with Crippen LogP contribution in [-0.2, 0) is 4.79 Å². The lowest BCUT2D eigenvalue weighted by molar-refractivity contribution is -0.113. The Bertz CT molecular complexity index is 396. The van der Waals surface area contributed by atoms with E-state index in [4.69, 9.17) is 32.7 Å². The number of carbonyl (C=O) groups excluding carboxylic acids is 1. The van der Waals surface area contributed by atoms with Crippen LogP contribution >= 0.6 is 23.2 Å². The van der Waals surface area contributed by atoms with Gasteiger partial charge in [0.1, 0.15) is 17.4 Å². The lowest BCUT2D eigenvalue weighted by Crippen LogP contribution is -2.13. The molecule has 0 radical (unpaired) electrons. The largest absolute Gasteiger partial charge is 0.495 e. The Morgan fingerprint density at radius 3 is 2.44 bits per heavy atom. The molecule has 1 N–H and O–H groups in total. The normalized spacial score (nSPS) is 9.75. The molecule has 1 aromatic carbocycles. The molecule has 0 unspecified atom stereocenters. The molecule has 0 saturated carbocycles. The van der Waals surface area contributed by atoms with Gasteiger partial charge in [-0.15, -0.1) is 11.6 Å². The fourth-order valence-electron chi connectivity index (χ4n) is 1.14. The smallest absolute Gasteiger partial charge is 0.239 e. The van der Waals surface area contributed by atoms with Crippen LogP contribution in [-0.4, -0.2) is 26.0 Å². The maximum atomic E-state index is 11.2. The summed E-state index contributed by atoms with van der Waals surface area (Å²) in [4.78, 5) is 11.2. The van der Waals surface area contributed by atoms with Crippen LogP contribution in [0.4, 0.5) is 5.69 Å². The van der Waals surface area contributed by atoms with Gasteiger partial charge in [0.2, 0.25) is 5.91 Å². The molecule has 16 heavy (non-hydrogen) atoms. The zero-order valence-corrected chi connectivity index (χ0v) is 10.4. The minimum atomic E-state index is -0.329. The summed E-state index contributed by atoms with van der Waals surface area (Å²) < 4.78 is 10.1. The molecule has 1 rings (SSSR count). The predicted molar refractivity (Wildman–Crippen MR) is 63.9 cm³/mol. The number of rotatable bonds is 4. The van der Waals surface area contributed by atoms with Gasteiger partial charge in [-0.25, -0.2) is 0 Å². The van der Waals surface area contributed by atoms with E-state index in [0.717, 1.165) is 0 Å². The van der Waals surface area contributed by atoms with Crippen LogP contribution < -0.4 is 14.8 Å². The highest BCUT2D eigenvalue weighted by molar-refractivity contribution is 6.32. The van der Waals surface area contributed by atoms with E-state index in [0.29, 0.717) is 22.2 Å². The SMILES string of the molecule is COc1cc(NC(=O)CCl)c(OC)cc1Cl. The van der Waals surface area contributed by atoms with Crippen molar-refractivity contribution in [3.63, 3.8) is 0 Å². The van der Waals surface area contributed by atoms with Gasteiger partial charge in [-0.2, -0.15) is 0 Å². The van der Waals surface area contributed by atoms with Crippen molar-refractivity contribution in [3.05, 3.63) is 17.2 Å². The number of hydrogen-bond acceptors (Lipinski definition) is 3. The predicted octanol–water partition coefficient (Wildman–Crippen LogP) is 2.53. The molecule has 0 aliphatic rings. The van der Waals surface area contributed by atoms with Gasteiger partial charge >= 0.3 is 0 Å². The molecule has 1 aromatic rings. The Morgan fingerprint density at radius 2 is 1.94 bits per heavy atom. The fraction of sp³-hybridized carbons (Fsp3) is 0.300. The van der Waals surface area contributed by atoms with Crippen molar-refractivity contribution in [1.82, 2.24) is 0 Å². The second-order valence-corrected chi connectivity index (χ2v) is 3.54. The van der Waals surface area contributed by atoms with E-state index in [2.05, 4.69) is 5.32 Å². The third kappa shape index (κ3) is 2.93. The summed E-state index contributed by atoms with van der Waals surface area (Å²) >= 11 is 11.3. The van der Waals surface area contributed by atoms with Crippen LogP contribution in [0.2, 0.25) is 5.02 Å². The first-order valence-electron chi connectivity index (χ1n) is 4.39. The Balaban J connectivity index is 3.09. The second-order valence-electron chi connectivity index (χ2n) is 2.87. The molecule has 0 spiro atoms. The van der Waals surface area contributed by atoms with Crippen molar-refractivity contribution in [3.8, 4) is 11.5 Å². The zero-order valence-electron chi connectivity index (χ0n) is 8.84. The van der Waals surface area contributed by atoms with Crippen molar-refractivity contribution in [1.29, 1.82) is 0 Å². The molecule has 0 heterocycles. The molecule has 0 fully saturated rings. The van der Waals surface area contributed by atoms with Crippen LogP contribution in [0.1, 0.15) is 0 Å². The van der Waals surface area contributed by atoms with Gasteiger partial charge in [-0.05, 0) is 0 Å². The van der Waals surface area contributed by atoms with Gasteiger partial charge in [0.05, 0.1) is 24.9 Å². The number of hydrogen-bond donors (Lipinski definition) is 1. The first kappa shape index (κ1) is 12.9. The highest BCUT2D eigenvalue weighted by Crippen LogP contribution is 2.35. The van der Waals surface area contributed by atoms with Gasteiger partial charge < -0.3 is 14.8 Å². The number of nitrogens with one attached hydrogen (secondary N) is 1. The maximum absolute atomic E-state index is 11.2. The number of halogens is 2. The third-order valence-electron chi connectivity index (χ3n) is 1.87. The van der Waals surface area contributed by atoms with E-state index in [1.54, 1.807) is 12.1 Å². The summed E-state index contributed by atoms with van der Waals surface area (Å²) in [6, 6.07) is 3.13. The first-order chi connectivity index (χ1) is 7.62. The van der Waals surface area contributed by atoms with Gasteiger partial charge in [0.25, 0.3) is 0 Å². The topological polar surface area (TPSA) is 47.6 Å². The van der Waals surface area contributed by atoms with Gasteiger partial charge in [0.15, 0.2) is 0 Å². The summed E-state index contributed by atoms with van der Waals surface area (Å²) in [5, 5.41) is 2.98. The van der Waals surface area contributed by atoms with Crippen LogP contribution in [0.25, 0.3) is 0 Å². The molecule has 88 valence electrons. The molecule has 0 saturated heterocycles. The average Bonchev–Trinajstić information content (AvgIpc) is 2.30. The Kier molecular flexibility index (Phi) is 4.71. The fourth-order valence-corrected chi connectivity index (χ4v) is 1.44. The minimum Gasteiger partial charge on any atom is -0.495 e. The van der Waals surface area contributed by atoms with Crippen molar-refractivity contribution < 1.29 is 14.3 Å². The van der Waals surface area contributed by atoms with E-state index in [9.17, 15) is 4.79 Å². The standard InChI is InChI=1S/C10H11Cl2NO3/c1-15-8-4-7(13-10(14)5-11)9(16-2)3-6(8)12/h3-4H,5H2,1-2H3,(H,13,14). The van der Waals surface area contributed by atoms with E-state index < -0.39 is 0 Å². The first-order valence-corrected chi connectivity index (χ1v) is 5.31. The number of methoxy groups -OCH3 is 2. The molecule has 0 aliphatic carbocycles. The highest BCUT2D eigenvalue weighted by Gasteiger charge is 2.11. The molecule has 1 amide bonds. The van der Waals surface area contributed by atoms with E-state index in [-0.39, 0.29) is 11.8 Å². The van der Waals surface area contributed by atoms with Crippen LogP contribution in [0, 0.1) is 0 Å². The van der Waals surface area contributed by atoms with Crippen LogP contribution in [0.15, 0.2) is 12.1 Å². The number of alkyl halides is 1. The molecule has 0 atom stereocenters. The molecule has 0 aliphatic heterocycles.